The van der Waals surface area contributed by atoms with Gasteiger partial charge in [0.25, 0.3) is 11.8 Å². The van der Waals surface area contributed by atoms with Crippen LogP contribution in [0, 0.1) is 0 Å². The summed E-state index contributed by atoms with van der Waals surface area (Å²) < 4.78 is 26.7. The molecule has 116 valence electrons. The monoisotopic (exact) mass is 307 g/mol. The maximum absolute atomic E-state index is 13.3. The van der Waals surface area contributed by atoms with Crippen LogP contribution < -0.4 is 11.1 Å². The average molecular weight is 307 g/mol. The van der Waals surface area contributed by atoms with E-state index in [0.717, 1.165) is 0 Å². The fourth-order valence-electron chi connectivity index (χ4n) is 2.63. The zero-order valence-corrected chi connectivity index (χ0v) is 11.6. The van der Waals surface area contributed by atoms with Gasteiger partial charge in [-0.2, -0.15) is 15.0 Å². The van der Waals surface area contributed by atoms with Crippen LogP contribution in [0.4, 0.5) is 8.78 Å². The van der Waals surface area contributed by atoms with E-state index in [2.05, 4.69) is 15.5 Å². The summed E-state index contributed by atoms with van der Waals surface area (Å²) in [6.07, 6.45) is 2.12. The van der Waals surface area contributed by atoms with E-state index in [1.165, 1.54) is 17.2 Å². The zero-order chi connectivity index (χ0) is 15.7. The van der Waals surface area contributed by atoms with Crippen molar-refractivity contribution in [1.29, 1.82) is 0 Å². The number of nitrogens with two attached hydrogens (primary N) is 1. The molecule has 1 heterocycles. The number of alkyl halides is 2. The summed E-state index contributed by atoms with van der Waals surface area (Å²) in [4.78, 5) is 13.7. The number of carbonyl (C=O) groups excluding carboxylic acids is 1. The van der Waals surface area contributed by atoms with Crippen molar-refractivity contribution in [2.75, 3.05) is 0 Å². The lowest BCUT2D eigenvalue weighted by molar-refractivity contribution is 0.00614. The Hall–Kier alpha value is -2.35. The van der Waals surface area contributed by atoms with E-state index in [1.807, 2.05) is 0 Å². The summed E-state index contributed by atoms with van der Waals surface area (Å²) >= 11 is 0. The number of halogens is 2. The smallest absolute Gasteiger partial charge is 0.253 e. The van der Waals surface area contributed by atoms with Gasteiger partial charge >= 0.3 is 0 Å². The van der Waals surface area contributed by atoms with Gasteiger partial charge in [-0.1, -0.05) is 12.1 Å². The molecule has 2 atom stereocenters. The summed E-state index contributed by atoms with van der Waals surface area (Å²) in [6, 6.07) is 5.19. The minimum atomic E-state index is -2.83. The summed E-state index contributed by atoms with van der Waals surface area (Å²) in [5.74, 6) is -3.30. The summed E-state index contributed by atoms with van der Waals surface area (Å²) in [6.45, 7) is 0. The number of hydrogen-bond donors (Lipinski definition) is 2. The van der Waals surface area contributed by atoms with E-state index >= 15 is 0 Å². The van der Waals surface area contributed by atoms with E-state index in [9.17, 15) is 13.6 Å². The van der Waals surface area contributed by atoms with Gasteiger partial charge in [0, 0.05) is 18.9 Å². The first-order valence-corrected chi connectivity index (χ1v) is 6.86. The molecule has 3 rings (SSSR count). The molecule has 8 heteroatoms. The van der Waals surface area contributed by atoms with Gasteiger partial charge < -0.3 is 11.1 Å². The van der Waals surface area contributed by atoms with Crippen LogP contribution in [0.2, 0.25) is 0 Å². The van der Waals surface area contributed by atoms with Gasteiger partial charge in [-0.3, -0.25) is 4.79 Å². The number of benzene rings is 1. The van der Waals surface area contributed by atoms with Gasteiger partial charge in [0.1, 0.15) is 0 Å². The Morgan fingerprint density at radius 1 is 1.27 bits per heavy atom. The van der Waals surface area contributed by atoms with Crippen molar-refractivity contribution in [3.63, 3.8) is 0 Å². The topological polar surface area (TPSA) is 85.8 Å². The number of amides is 1. The van der Waals surface area contributed by atoms with E-state index < -0.39 is 36.8 Å². The van der Waals surface area contributed by atoms with Gasteiger partial charge in [0.2, 0.25) is 0 Å². The Labute approximate surface area is 125 Å². The molecular weight excluding hydrogens is 292 g/mol. The molecule has 1 aliphatic rings. The molecule has 0 spiro atoms. The third kappa shape index (κ3) is 2.82. The van der Waals surface area contributed by atoms with Crippen LogP contribution in [0.1, 0.15) is 23.2 Å². The van der Waals surface area contributed by atoms with E-state index in [0.29, 0.717) is 11.3 Å². The number of aromatic nitrogens is 3. The fraction of sp³-hybridized carbons (Fsp3) is 0.357. The third-order valence-electron chi connectivity index (χ3n) is 3.67. The van der Waals surface area contributed by atoms with Crippen LogP contribution in [0.3, 0.4) is 0 Å². The van der Waals surface area contributed by atoms with Crippen molar-refractivity contribution in [1.82, 2.24) is 20.3 Å². The van der Waals surface area contributed by atoms with E-state index in [-0.39, 0.29) is 0 Å². The number of hydrogen-bond acceptors (Lipinski definition) is 4. The molecule has 0 bridgehead atoms. The van der Waals surface area contributed by atoms with Crippen molar-refractivity contribution in [3.05, 3.63) is 42.2 Å². The first-order valence-electron chi connectivity index (χ1n) is 6.86. The lowest BCUT2D eigenvalue weighted by Crippen LogP contribution is -2.44. The van der Waals surface area contributed by atoms with Crippen molar-refractivity contribution in [3.8, 4) is 5.69 Å². The molecule has 3 N–H and O–H groups in total. The number of carbonyl (C=O) groups is 1. The summed E-state index contributed by atoms with van der Waals surface area (Å²) in [5, 5.41) is 10.6. The Kier molecular flexibility index (Phi) is 3.61. The van der Waals surface area contributed by atoms with Crippen molar-refractivity contribution < 1.29 is 13.6 Å². The van der Waals surface area contributed by atoms with Crippen molar-refractivity contribution >= 4 is 5.91 Å². The molecule has 22 heavy (non-hydrogen) atoms. The molecule has 1 aromatic heterocycles. The predicted molar refractivity (Wildman–Crippen MR) is 74.8 cm³/mol. The van der Waals surface area contributed by atoms with Gasteiger partial charge in [0.15, 0.2) is 0 Å². The molecule has 1 saturated carbocycles. The Morgan fingerprint density at radius 3 is 2.59 bits per heavy atom. The Bertz CT molecular complexity index is 674. The van der Waals surface area contributed by atoms with Gasteiger partial charge in [0.05, 0.1) is 29.7 Å². The minimum Gasteiger partial charge on any atom is -0.347 e. The number of rotatable bonds is 3. The van der Waals surface area contributed by atoms with Crippen molar-refractivity contribution in [2.24, 2.45) is 5.73 Å². The second-order valence-electron chi connectivity index (χ2n) is 5.34. The normalized spacial score (nSPS) is 23.4. The molecular formula is C14H15F2N5O. The SMILES string of the molecule is N[C@@H]1CC(F)(F)C[C@@H]1NC(=O)c1ccccc1-n1nccn1. The lowest BCUT2D eigenvalue weighted by atomic mass is 10.1. The highest BCUT2D eigenvalue weighted by Gasteiger charge is 2.45. The summed E-state index contributed by atoms with van der Waals surface area (Å²) in [5.41, 5.74) is 6.47. The standard InChI is InChI=1S/C14H15F2N5O/c15-14(16)7-10(17)11(8-14)20-13(22)9-3-1-2-4-12(9)21-18-5-6-19-21/h1-6,10-11H,7-8,17H2,(H,20,22)/t10-,11+/m1/s1. The molecule has 1 aromatic carbocycles. The zero-order valence-electron chi connectivity index (χ0n) is 11.6. The highest BCUT2D eigenvalue weighted by molar-refractivity contribution is 5.97. The Balaban J connectivity index is 1.82. The van der Waals surface area contributed by atoms with Gasteiger partial charge in [-0.05, 0) is 12.1 Å². The quantitative estimate of drug-likeness (QED) is 0.890. The molecule has 0 aliphatic heterocycles. The van der Waals surface area contributed by atoms with Gasteiger partial charge in [-0.25, -0.2) is 8.78 Å². The first-order chi connectivity index (χ1) is 10.5. The molecule has 1 amide bonds. The van der Waals surface area contributed by atoms with Crippen LogP contribution in [-0.4, -0.2) is 38.9 Å². The number of nitrogens with one attached hydrogen (secondary N) is 1. The number of nitrogens with zero attached hydrogens (tertiary/aromatic N) is 3. The highest BCUT2D eigenvalue weighted by atomic mass is 19.3. The van der Waals surface area contributed by atoms with Crippen LogP contribution in [-0.2, 0) is 0 Å². The molecule has 1 fully saturated rings. The van der Waals surface area contributed by atoms with Crippen LogP contribution in [0.5, 0.6) is 0 Å². The highest BCUT2D eigenvalue weighted by Crippen LogP contribution is 2.34. The minimum absolute atomic E-state index is 0.307. The van der Waals surface area contributed by atoms with Crippen LogP contribution >= 0.6 is 0 Å². The fourth-order valence-corrected chi connectivity index (χ4v) is 2.63. The second kappa shape index (κ2) is 5.45. The molecule has 0 radical (unpaired) electrons. The van der Waals surface area contributed by atoms with E-state index in [1.54, 1.807) is 24.3 Å². The molecule has 2 aromatic rings. The molecule has 0 unspecified atom stereocenters. The Morgan fingerprint density at radius 2 is 1.95 bits per heavy atom. The predicted octanol–water partition coefficient (Wildman–Crippen LogP) is 1.12. The first kappa shape index (κ1) is 14.6. The maximum Gasteiger partial charge on any atom is 0.253 e. The molecule has 1 aliphatic carbocycles. The summed E-state index contributed by atoms with van der Waals surface area (Å²) in [7, 11) is 0. The third-order valence-corrected chi connectivity index (χ3v) is 3.67. The van der Waals surface area contributed by atoms with Crippen LogP contribution in [0.25, 0.3) is 5.69 Å². The molecule has 6 nitrogen and oxygen atoms in total. The maximum atomic E-state index is 13.3. The van der Waals surface area contributed by atoms with Gasteiger partial charge in [-0.15, -0.1) is 0 Å². The van der Waals surface area contributed by atoms with Crippen molar-refractivity contribution in [2.45, 2.75) is 30.8 Å². The second-order valence-corrected chi connectivity index (χ2v) is 5.34. The largest absolute Gasteiger partial charge is 0.347 e. The lowest BCUT2D eigenvalue weighted by Gasteiger charge is -2.17. The van der Waals surface area contributed by atoms with E-state index in [4.69, 9.17) is 5.73 Å². The average Bonchev–Trinajstić information content (AvgIpc) is 3.07. The molecule has 0 saturated heterocycles. The number of para-hydroxylation sites is 1. The van der Waals surface area contributed by atoms with Crippen LogP contribution in [0.15, 0.2) is 36.7 Å².